The van der Waals surface area contributed by atoms with Crippen LogP contribution in [-0.2, 0) is 14.3 Å². The maximum Gasteiger partial charge on any atom is 0.186 e. The Morgan fingerprint density at radius 1 is 1.11 bits per heavy atom. The Morgan fingerprint density at radius 2 is 1.80 bits per heavy atom. The summed E-state index contributed by atoms with van der Waals surface area (Å²) in [5.41, 5.74) is 0.109. The second kappa shape index (κ2) is 9.29. The van der Waals surface area contributed by atoms with Crippen LogP contribution in [-0.4, -0.2) is 92.5 Å². The van der Waals surface area contributed by atoms with Gasteiger partial charge in [-0.1, -0.05) is 32.4 Å². The van der Waals surface area contributed by atoms with E-state index in [0.717, 1.165) is 17.6 Å². The topological polar surface area (TPSA) is 157 Å². The molecule has 198 valence electrons. The lowest BCUT2D eigenvalue weighted by molar-refractivity contribution is -0.314. The van der Waals surface area contributed by atoms with E-state index < -0.39 is 60.4 Å². The van der Waals surface area contributed by atoms with Gasteiger partial charge >= 0.3 is 0 Å². The first-order valence-electron chi connectivity index (χ1n) is 12.5. The second-order valence-electron chi connectivity index (χ2n) is 11.8. The van der Waals surface area contributed by atoms with Crippen molar-refractivity contribution in [3.8, 4) is 0 Å². The lowest BCUT2D eigenvalue weighted by Crippen LogP contribution is -2.63. The number of aliphatic hydroxyl groups excluding tert-OH is 6. The first-order valence-corrected chi connectivity index (χ1v) is 12.5. The van der Waals surface area contributed by atoms with E-state index in [1.165, 1.54) is 0 Å². The Kier molecular flexibility index (Phi) is 7.14. The number of fused-ring (bicyclic) bond motifs is 2. The van der Waals surface area contributed by atoms with E-state index in [9.17, 15) is 35.4 Å². The average Bonchev–Trinajstić information content (AvgIpc) is 2.83. The average molecular weight is 497 g/mol. The van der Waals surface area contributed by atoms with Crippen molar-refractivity contribution >= 4 is 5.78 Å². The second-order valence-corrected chi connectivity index (χ2v) is 11.8. The van der Waals surface area contributed by atoms with Crippen molar-refractivity contribution in [1.82, 2.24) is 0 Å². The normalized spacial score (nSPS) is 50.5. The van der Waals surface area contributed by atoms with Crippen molar-refractivity contribution in [2.45, 2.75) is 95.8 Å². The molecule has 0 spiro atoms. The van der Waals surface area contributed by atoms with Gasteiger partial charge in [-0.15, -0.1) is 6.58 Å². The summed E-state index contributed by atoms with van der Waals surface area (Å²) in [6.07, 6.45) is -4.79. The predicted octanol–water partition coefficient (Wildman–Crippen LogP) is 0.203. The summed E-state index contributed by atoms with van der Waals surface area (Å²) in [5, 5.41) is 62.1. The SMILES string of the molecule is C=C[C@@]1(C)CCC2=C(C1)C(=O)CC1[C@]2(C)C[C@@H](O)[C@H](O)[C@]1(C)CO[C@@H]1O[C@H](CO)[C@@H](O)[C@@H](O)[C@@H]1O. The van der Waals surface area contributed by atoms with E-state index in [-0.39, 0.29) is 30.1 Å². The zero-order valence-corrected chi connectivity index (χ0v) is 20.8. The highest BCUT2D eigenvalue weighted by Crippen LogP contribution is 2.62. The third-order valence-corrected chi connectivity index (χ3v) is 9.44. The highest BCUT2D eigenvalue weighted by molar-refractivity contribution is 5.98. The van der Waals surface area contributed by atoms with Gasteiger partial charge in [0.25, 0.3) is 0 Å². The maximum absolute atomic E-state index is 13.4. The van der Waals surface area contributed by atoms with Gasteiger partial charge in [0.15, 0.2) is 12.1 Å². The third-order valence-electron chi connectivity index (χ3n) is 9.44. The molecular formula is C26H40O9. The minimum atomic E-state index is -1.59. The van der Waals surface area contributed by atoms with Crippen molar-refractivity contribution in [2.75, 3.05) is 13.2 Å². The van der Waals surface area contributed by atoms with Gasteiger partial charge in [-0.3, -0.25) is 4.79 Å². The smallest absolute Gasteiger partial charge is 0.186 e. The fourth-order valence-corrected chi connectivity index (χ4v) is 7.05. The molecule has 0 aromatic rings. The first-order chi connectivity index (χ1) is 16.3. The Labute approximate surface area is 206 Å². The summed E-state index contributed by atoms with van der Waals surface area (Å²) in [4.78, 5) is 13.4. The van der Waals surface area contributed by atoms with Gasteiger partial charge in [0.1, 0.15) is 24.4 Å². The number of carbonyl (C=O) groups excluding carboxylic acids is 1. The Bertz CT molecular complexity index is 886. The molecule has 0 radical (unpaired) electrons. The minimum Gasteiger partial charge on any atom is -0.394 e. The zero-order valence-electron chi connectivity index (χ0n) is 20.8. The molecule has 1 unspecified atom stereocenters. The number of rotatable bonds is 5. The van der Waals surface area contributed by atoms with Crippen LogP contribution >= 0.6 is 0 Å². The van der Waals surface area contributed by atoms with Crippen molar-refractivity contribution in [1.29, 1.82) is 0 Å². The van der Waals surface area contributed by atoms with Gasteiger partial charge in [-0.2, -0.15) is 0 Å². The monoisotopic (exact) mass is 496 g/mol. The Hall–Kier alpha value is -1.17. The van der Waals surface area contributed by atoms with Crippen LogP contribution in [0.15, 0.2) is 23.8 Å². The van der Waals surface area contributed by atoms with Crippen LogP contribution in [0.1, 0.15) is 52.9 Å². The Morgan fingerprint density at radius 3 is 2.43 bits per heavy atom. The number of carbonyl (C=O) groups is 1. The first kappa shape index (κ1) is 26.9. The molecular weight excluding hydrogens is 456 g/mol. The van der Waals surface area contributed by atoms with Crippen LogP contribution in [0.2, 0.25) is 0 Å². The molecule has 35 heavy (non-hydrogen) atoms. The summed E-state index contributed by atoms with van der Waals surface area (Å²) < 4.78 is 11.3. The Balaban J connectivity index is 1.63. The molecule has 6 N–H and O–H groups in total. The van der Waals surface area contributed by atoms with E-state index in [1.807, 2.05) is 6.08 Å². The molecule has 11 atom stereocenters. The number of Topliss-reactive ketones (excluding diaryl/α,β-unsaturated/α-hetero) is 1. The van der Waals surface area contributed by atoms with Gasteiger partial charge in [0.2, 0.25) is 0 Å². The summed E-state index contributed by atoms with van der Waals surface area (Å²) in [5.74, 6) is -0.296. The highest BCUT2D eigenvalue weighted by Gasteiger charge is 2.61. The van der Waals surface area contributed by atoms with E-state index >= 15 is 0 Å². The summed E-state index contributed by atoms with van der Waals surface area (Å²) in [6, 6.07) is 0. The lowest BCUT2D eigenvalue weighted by Gasteiger charge is -2.60. The molecule has 0 bridgehead atoms. The van der Waals surface area contributed by atoms with Gasteiger partial charge in [-0.25, -0.2) is 0 Å². The number of hydrogen-bond donors (Lipinski definition) is 6. The molecule has 9 heteroatoms. The van der Waals surface area contributed by atoms with Crippen molar-refractivity contribution in [3.63, 3.8) is 0 Å². The van der Waals surface area contributed by atoms with Crippen LogP contribution < -0.4 is 0 Å². The zero-order chi connectivity index (χ0) is 25.9. The van der Waals surface area contributed by atoms with E-state index in [0.29, 0.717) is 19.3 Å². The molecule has 4 aliphatic rings. The quantitative estimate of drug-likeness (QED) is 0.293. The molecule has 4 rings (SSSR count). The van der Waals surface area contributed by atoms with E-state index in [4.69, 9.17) is 9.47 Å². The van der Waals surface area contributed by atoms with Gasteiger partial charge in [-0.05, 0) is 48.0 Å². The molecule has 2 fully saturated rings. The van der Waals surface area contributed by atoms with Crippen LogP contribution in [0.25, 0.3) is 0 Å². The standard InChI is InChI=1S/C26H40O9/c1-5-24(2)7-6-14-13(9-24)15(28)8-18-25(14,3)10-16(29)22(33)26(18,4)12-34-23-21(32)20(31)19(30)17(11-27)35-23/h5,16-23,27,29-33H,1,6-12H2,2-4H3/t16-,17-,18?,19-,20-,21+,22+,23-,24+,25-,26-/m1/s1. The summed E-state index contributed by atoms with van der Waals surface area (Å²) >= 11 is 0. The van der Waals surface area contributed by atoms with Crippen LogP contribution in [0, 0.1) is 22.2 Å². The maximum atomic E-state index is 13.4. The minimum absolute atomic E-state index is 0.0397. The van der Waals surface area contributed by atoms with Gasteiger partial charge in [0.05, 0.1) is 25.4 Å². The number of hydrogen-bond acceptors (Lipinski definition) is 9. The van der Waals surface area contributed by atoms with Gasteiger partial charge in [0, 0.05) is 11.8 Å². The van der Waals surface area contributed by atoms with E-state index in [1.54, 1.807) is 6.92 Å². The van der Waals surface area contributed by atoms with Crippen molar-refractivity contribution in [2.24, 2.45) is 22.2 Å². The summed E-state index contributed by atoms with van der Waals surface area (Å²) in [7, 11) is 0. The molecule has 9 nitrogen and oxygen atoms in total. The molecule has 1 saturated heterocycles. The molecule has 0 aromatic carbocycles. The fraction of sp³-hybridized carbons (Fsp3) is 0.808. The molecule has 1 heterocycles. The third kappa shape index (κ3) is 4.24. The van der Waals surface area contributed by atoms with Crippen LogP contribution in [0.5, 0.6) is 0 Å². The fourth-order valence-electron chi connectivity index (χ4n) is 7.05. The van der Waals surface area contributed by atoms with Crippen LogP contribution in [0.4, 0.5) is 0 Å². The number of ketones is 1. The lowest BCUT2D eigenvalue weighted by atomic mass is 9.46. The predicted molar refractivity (Wildman–Crippen MR) is 125 cm³/mol. The molecule has 0 amide bonds. The van der Waals surface area contributed by atoms with Crippen molar-refractivity contribution in [3.05, 3.63) is 23.8 Å². The molecule has 1 aliphatic heterocycles. The molecule has 3 aliphatic carbocycles. The number of ether oxygens (including phenoxy) is 2. The number of allylic oxidation sites excluding steroid dienone is 3. The summed E-state index contributed by atoms with van der Waals surface area (Å²) in [6.45, 7) is 9.12. The van der Waals surface area contributed by atoms with Gasteiger partial charge < -0.3 is 40.1 Å². The van der Waals surface area contributed by atoms with Crippen molar-refractivity contribution < 1.29 is 44.9 Å². The van der Waals surface area contributed by atoms with Crippen LogP contribution in [0.3, 0.4) is 0 Å². The van der Waals surface area contributed by atoms with E-state index in [2.05, 4.69) is 20.4 Å². The molecule has 0 aromatic heterocycles. The highest BCUT2D eigenvalue weighted by atomic mass is 16.7. The largest absolute Gasteiger partial charge is 0.394 e. The molecule has 1 saturated carbocycles. The number of aliphatic hydroxyl groups is 6.